The van der Waals surface area contributed by atoms with E-state index in [1.807, 2.05) is 34.6 Å². The molecule has 1 aliphatic rings. The SMILES string of the molecule is Cc1c(B2OC(C)(C)C(C)(C)O2)ccc2c(C(=O)Nc3cc(C(F)(F)F)ccc3F)c[nH]c12. The zero-order valence-corrected chi connectivity index (χ0v) is 18.8. The number of anilines is 1. The Morgan fingerprint density at radius 2 is 1.70 bits per heavy atom. The maximum Gasteiger partial charge on any atom is 0.495 e. The summed E-state index contributed by atoms with van der Waals surface area (Å²) in [6, 6.07) is 5.36. The molecule has 1 saturated heterocycles. The van der Waals surface area contributed by atoms with Gasteiger partial charge < -0.3 is 19.6 Å². The molecule has 0 bridgehead atoms. The zero-order chi connectivity index (χ0) is 24.3. The fourth-order valence-electron chi connectivity index (χ4n) is 3.76. The Bertz CT molecular complexity index is 1230. The van der Waals surface area contributed by atoms with Crippen molar-refractivity contribution in [3.05, 3.63) is 59.0 Å². The second-order valence-electron chi connectivity index (χ2n) is 9.14. The molecule has 174 valence electrons. The molecule has 0 spiro atoms. The number of hydrogen-bond donors (Lipinski definition) is 2. The second kappa shape index (κ2) is 7.60. The van der Waals surface area contributed by atoms with Gasteiger partial charge in [0.2, 0.25) is 0 Å². The molecule has 33 heavy (non-hydrogen) atoms. The quantitative estimate of drug-likeness (QED) is 0.416. The molecule has 0 aliphatic carbocycles. The Hall–Kier alpha value is -2.85. The van der Waals surface area contributed by atoms with Gasteiger partial charge in [0.15, 0.2) is 0 Å². The molecular formula is C23H23BF4N2O3. The van der Waals surface area contributed by atoms with Gasteiger partial charge in [-0.2, -0.15) is 13.2 Å². The number of aryl methyl sites for hydroxylation is 1. The highest BCUT2D eigenvalue weighted by molar-refractivity contribution is 6.63. The highest BCUT2D eigenvalue weighted by Gasteiger charge is 2.52. The molecule has 0 radical (unpaired) electrons. The molecule has 1 aliphatic heterocycles. The van der Waals surface area contributed by atoms with Gasteiger partial charge >= 0.3 is 13.3 Å². The average Bonchev–Trinajstić information content (AvgIpc) is 3.21. The van der Waals surface area contributed by atoms with Gasteiger partial charge in [0.05, 0.1) is 28.0 Å². The van der Waals surface area contributed by atoms with E-state index >= 15 is 0 Å². The van der Waals surface area contributed by atoms with Crippen LogP contribution in [0.2, 0.25) is 0 Å². The molecule has 0 unspecified atom stereocenters. The number of fused-ring (bicyclic) bond motifs is 1. The van der Waals surface area contributed by atoms with E-state index in [9.17, 15) is 22.4 Å². The van der Waals surface area contributed by atoms with Crippen LogP contribution in [-0.4, -0.2) is 29.2 Å². The van der Waals surface area contributed by atoms with Crippen molar-refractivity contribution in [3.8, 4) is 0 Å². The topological polar surface area (TPSA) is 63.4 Å². The van der Waals surface area contributed by atoms with Gasteiger partial charge in [-0.1, -0.05) is 12.1 Å². The smallest absolute Gasteiger partial charge is 0.399 e. The third-order valence-corrected chi connectivity index (χ3v) is 6.45. The van der Waals surface area contributed by atoms with Crippen molar-refractivity contribution in [1.29, 1.82) is 0 Å². The van der Waals surface area contributed by atoms with Crippen LogP contribution in [-0.2, 0) is 15.5 Å². The first-order chi connectivity index (χ1) is 15.2. The Morgan fingerprint density at radius 3 is 2.30 bits per heavy atom. The number of amides is 1. The molecular weight excluding hydrogens is 439 g/mol. The average molecular weight is 462 g/mol. The van der Waals surface area contributed by atoms with Crippen molar-refractivity contribution >= 4 is 35.1 Å². The predicted molar refractivity (Wildman–Crippen MR) is 118 cm³/mol. The molecule has 1 fully saturated rings. The van der Waals surface area contributed by atoms with Crippen LogP contribution >= 0.6 is 0 Å². The van der Waals surface area contributed by atoms with Crippen molar-refractivity contribution in [2.75, 3.05) is 5.32 Å². The molecule has 2 N–H and O–H groups in total. The van der Waals surface area contributed by atoms with E-state index < -0.39 is 47.5 Å². The minimum absolute atomic E-state index is 0.172. The number of carbonyl (C=O) groups excluding carboxylic acids is 1. The van der Waals surface area contributed by atoms with Crippen LogP contribution in [0.1, 0.15) is 49.2 Å². The van der Waals surface area contributed by atoms with Gasteiger partial charge in [0.25, 0.3) is 5.91 Å². The van der Waals surface area contributed by atoms with E-state index in [0.717, 1.165) is 11.0 Å². The fraction of sp³-hybridized carbons (Fsp3) is 0.348. The summed E-state index contributed by atoms with van der Waals surface area (Å²) in [5, 5.41) is 2.78. The number of rotatable bonds is 3. The molecule has 1 aromatic heterocycles. The molecule has 3 aromatic rings. The van der Waals surface area contributed by atoms with Gasteiger partial charge in [0, 0.05) is 17.1 Å². The summed E-state index contributed by atoms with van der Waals surface area (Å²) < 4.78 is 65.2. The van der Waals surface area contributed by atoms with Crippen molar-refractivity contribution in [2.24, 2.45) is 0 Å². The lowest BCUT2D eigenvalue weighted by atomic mass is 9.75. The first-order valence-corrected chi connectivity index (χ1v) is 10.4. The Balaban J connectivity index is 1.65. The van der Waals surface area contributed by atoms with Crippen molar-refractivity contribution in [2.45, 2.75) is 52.0 Å². The lowest BCUT2D eigenvalue weighted by Crippen LogP contribution is -2.41. The summed E-state index contributed by atoms with van der Waals surface area (Å²) in [6.45, 7) is 9.65. The molecule has 2 aromatic carbocycles. The number of aromatic nitrogens is 1. The minimum Gasteiger partial charge on any atom is -0.399 e. The first-order valence-electron chi connectivity index (χ1n) is 10.4. The Kier molecular flexibility index (Phi) is 5.37. The van der Waals surface area contributed by atoms with Gasteiger partial charge in [-0.05, 0) is 63.8 Å². The van der Waals surface area contributed by atoms with Gasteiger partial charge in [-0.15, -0.1) is 0 Å². The number of hydrogen-bond acceptors (Lipinski definition) is 3. The Morgan fingerprint density at radius 1 is 1.06 bits per heavy atom. The summed E-state index contributed by atoms with van der Waals surface area (Å²) >= 11 is 0. The number of benzene rings is 2. The molecule has 0 atom stereocenters. The van der Waals surface area contributed by atoms with Crippen LogP contribution in [0.5, 0.6) is 0 Å². The van der Waals surface area contributed by atoms with Gasteiger partial charge in [-0.25, -0.2) is 4.39 Å². The highest BCUT2D eigenvalue weighted by Crippen LogP contribution is 2.37. The molecule has 5 nitrogen and oxygen atoms in total. The van der Waals surface area contributed by atoms with Crippen LogP contribution in [0, 0.1) is 12.7 Å². The zero-order valence-electron chi connectivity index (χ0n) is 18.8. The second-order valence-corrected chi connectivity index (χ2v) is 9.14. The first kappa shape index (κ1) is 23.3. The van der Waals surface area contributed by atoms with Crippen LogP contribution in [0.25, 0.3) is 10.9 Å². The number of aromatic amines is 1. The van der Waals surface area contributed by atoms with E-state index in [4.69, 9.17) is 9.31 Å². The van der Waals surface area contributed by atoms with Gasteiger partial charge in [0.1, 0.15) is 5.82 Å². The van der Waals surface area contributed by atoms with Crippen LogP contribution in [0.3, 0.4) is 0 Å². The van der Waals surface area contributed by atoms with Crippen molar-refractivity contribution in [3.63, 3.8) is 0 Å². The molecule has 1 amide bonds. The van der Waals surface area contributed by atoms with E-state index in [-0.39, 0.29) is 5.56 Å². The van der Waals surface area contributed by atoms with Crippen LogP contribution in [0.15, 0.2) is 36.5 Å². The summed E-state index contributed by atoms with van der Waals surface area (Å²) in [7, 11) is -0.598. The summed E-state index contributed by atoms with van der Waals surface area (Å²) in [4.78, 5) is 15.8. The van der Waals surface area contributed by atoms with E-state index in [1.54, 1.807) is 12.1 Å². The summed E-state index contributed by atoms with van der Waals surface area (Å²) in [6.07, 6.45) is -3.22. The van der Waals surface area contributed by atoms with E-state index in [1.165, 1.54) is 6.20 Å². The highest BCUT2D eigenvalue weighted by atomic mass is 19.4. The van der Waals surface area contributed by atoms with Crippen molar-refractivity contribution in [1.82, 2.24) is 4.98 Å². The Labute approximate surface area is 188 Å². The summed E-state index contributed by atoms with van der Waals surface area (Å²) in [5.41, 5.74) is -0.226. The fourth-order valence-corrected chi connectivity index (χ4v) is 3.76. The monoisotopic (exact) mass is 462 g/mol. The lowest BCUT2D eigenvalue weighted by Gasteiger charge is -2.32. The number of nitrogens with one attached hydrogen (secondary N) is 2. The summed E-state index contributed by atoms with van der Waals surface area (Å²) in [5.74, 6) is -1.70. The molecule has 10 heteroatoms. The number of carbonyl (C=O) groups is 1. The van der Waals surface area contributed by atoms with Gasteiger partial charge in [-0.3, -0.25) is 4.79 Å². The van der Waals surface area contributed by atoms with Crippen LogP contribution in [0.4, 0.5) is 23.2 Å². The number of halogens is 4. The maximum atomic E-state index is 14.1. The lowest BCUT2D eigenvalue weighted by molar-refractivity contribution is -0.137. The molecule has 2 heterocycles. The third-order valence-electron chi connectivity index (χ3n) is 6.45. The third kappa shape index (κ3) is 4.02. The number of alkyl halides is 3. The molecule has 4 rings (SSSR count). The largest absolute Gasteiger partial charge is 0.495 e. The van der Waals surface area contributed by atoms with Crippen molar-refractivity contribution < 1.29 is 31.7 Å². The number of H-pyrrole nitrogens is 1. The van der Waals surface area contributed by atoms with E-state index in [0.29, 0.717) is 29.1 Å². The minimum atomic E-state index is -4.66. The predicted octanol–water partition coefficient (Wildman–Crippen LogP) is 5.19. The maximum absolute atomic E-state index is 14.1. The normalized spacial score (nSPS) is 17.5. The van der Waals surface area contributed by atoms with Crippen LogP contribution < -0.4 is 10.8 Å². The van der Waals surface area contributed by atoms with E-state index in [2.05, 4.69) is 10.3 Å². The molecule has 0 saturated carbocycles. The standard InChI is InChI=1S/C23H23BF4N2O3/c1-12-16(24-32-21(2,3)22(4,5)33-24)8-7-14-15(11-29-19(12)14)20(31)30-18-10-13(23(26,27)28)6-9-17(18)25/h6-11,29H,1-5H3,(H,30,31).